The van der Waals surface area contributed by atoms with Crippen LogP contribution in [0.3, 0.4) is 0 Å². The van der Waals surface area contributed by atoms with Crippen molar-refractivity contribution in [1.82, 2.24) is 9.62 Å². The average Bonchev–Trinajstić information content (AvgIpc) is 2.48. The Morgan fingerprint density at radius 2 is 1.95 bits per heavy atom. The van der Waals surface area contributed by atoms with Gasteiger partial charge in [0.25, 0.3) is 0 Å². The van der Waals surface area contributed by atoms with Crippen LogP contribution in [0.4, 0.5) is 0 Å². The summed E-state index contributed by atoms with van der Waals surface area (Å²) >= 11 is 6.62. The van der Waals surface area contributed by atoms with Crippen LogP contribution in [0, 0.1) is 5.92 Å². The lowest BCUT2D eigenvalue weighted by molar-refractivity contribution is 0.194. The van der Waals surface area contributed by atoms with Crippen molar-refractivity contribution in [2.45, 2.75) is 24.7 Å². The SMILES string of the molecule is CCN1CCC(CNS(=O)(=O)c2cc(Br)ccc2Br)CC1. The molecule has 1 fully saturated rings. The number of hydrogen-bond donors (Lipinski definition) is 1. The van der Waals surface area contributed by atoms with Gasteiger partial charge in [0.1, 0.15) is 0 Å². The second-order valence-corrected chi connectivity index (χ2v) is 8.81. The molecule has 0 aromatic heterocycles. The number of nitrogens with zero attached hydrogens (tertiary/aromatic N) is 1. The molecule has 7 heteroatoms. The van der Waals surface area contributed by atoms with Gasteiger partial charge in [-0.1, -0.05) is 22.9 Å². The molecule has 0 atom stereocenters. The Morgan fingerprint density at radius 1 is 1.29 bits per heavy atom. The van der Waals surface area contributed by atoms with Crippen LogP contribution in [0.25, 0.3) is 0 Å². The van der Waals surface area contributed by atoms with Crippen molar-refractivity contribution < 1.29 is 8.42 Å². The van der Waals surface area contributed by atoms with Gasteiger partial charge in [0.05, 0.1) is 4.90 Å². The summed E-state index contributed by atoms with van der Waals surface area (Å²) in [6.07, 6.45) is 2.10. The van der Waals surface area contributed by atoms with Crippen LogP contribution < -0.4 is 4.72 Å². The molecule has 0 unspecified atom stereocenters. The first-order chi connectivity index (χ1) is 9.92. The highest BCUT2D eigenvalue weighted by Crippen LogP contribution is 2.26. The molecule has 118 valence electrons. The van der Waals surface area contributed by atoms with E-state index in [4.69, 9.17) is 0 Å². The predicted octanol–water partition coefficient (Wildman–Crippen LogP) is 3.22. The third-order valence-electron chi connectivity index (χ3n) is 3.90. The molecule has 1 aliphatic heterocycles. The summed E-state index contributed by atoms with van der Waals surface area (Å²) < 4.78 is 28.9. The summed E-state index contributed by atoms with van der Waals surface area (Å²) in [5, 5.41) is 0. The van der Waals surface area contributed by atoms with Crippen molar-refractivity contribution in [3.8, 4) is 0 Å². The minimum absolute atomic E-state index is 0.280. The van der Waals surface area contributed by atoms with Crippen molar-refractivity contribution in [3.05, 3.63) is 27.1 Å². The Morgan fingerprint density at radius 3 is 2.57 bits per heavy atom. The van der Waals surface area contributed by atoms with Crippen LogP contribution in [-0.4, -0.2) is 39.5 Å². The maximum atomic E-state index is 12.4. The smallest absolute Gasteiger partial charge is 0.241 e. The van der Waals surface area contributed by atoms with E-state index in [2.05, 4.69) is 48.4 Å². The number of halogens is 2. The van der Waals surface area contributed by atoms with Gasteiger partial charge in [-0.2, -0.15) is 0 Å². The monoisotopic (exact) mass is 438 g/mol. The summed E-state index contributed by atoms with van der Waals surface area (Å²) in [6.45, 7) is 5.86. The van der Waals surface area contributed by atoms with Crippen LogP contribution in [0.15, 0.2) is 32.0 Å². The van der Waals surface area contributed by atoms with E-state index >= 15 is 0 Å². The number of piperidine rings is 1. The molecule has 1 aliphatic rings. The zero-order valence-corrected chi connectivity index (χ0v) is 16.0. The Balaban J connectivity index is 1.97. The van der Waals surface area contributed by atoms with Crippen molar-refractivity contribution in [2.75, 3.05) is 26.2 Å². The van der Waals surface area contributed by atoms with Crippen LogP contribution in [0.1, 0.15) is 19.8 Å². The lowest BCUT2D eigenvalue weighted by Gasteiger charge is -2.31. The fraction of sp³-hybridized carbons (Fsp3) is 0.571. The molecule has 0 radical (unpaired) electrons. The second-order valence-electron chi connectivity index (χ2n) is 5.30. The van der Waals surface area contributed by atoms with Crippen LogP contribution >= 0.6 is 31.9 Å². The first-order valence-electron chi connectivity index (χ1n) is 7.09. The lowest BCUT2D eigenvalue weighted by atomic mass is 9.97. The summed E-state index contributed by atoms with van der Waals surface area (Å²) in [5.74, 6) is 0.425. The maximum absolute atomic E-state index is 12.4. The van der Waals surface area contributed by atoms with Crippen LogP contribution in [-0.2, 0) is 10.0 Å². The van der Waals surface area contributed by atoms with Gasteiger partial charge < -0.3 is 4.90 Å². The van der Waals surface area contributed by atoms with E-state index in [0.29, 0.717) is 16.9 Å². The summed E-state index contributed by atoms with van der Waals surface area (Å²) in [4.78, 5) is 2.68. The topological polar surface area (TPSA) is 49.4 Å². The fourth-order valence-electron chi connectivity index (χ4n) is 2.50. The van der Waals surface area contributed by atoms with E-state index in [1.165, 1.54) is 0 Å². The molecule has 0 aliphatic carbocycles. The lowest BCUT2D eigenvalue weighted by Crippen LogP contribution is -2.38. The molecule has 0 spiro atoms. The largest absolute Gasteiger partial charge is 0.304 e. The van der Waals surface area contributed by atoms with Crippen LogP contribution in [0.2, 0.25) is 0 Å². The normalized spacial score (nSPS) is 18.0. The van der Waals surface area contributed by atoms with Gasteiger partial charge in [0, 0.05) is 15.5 Å². The molecule has 0 saturated carbocycles. The minimum atomic E-state index is -3.47. The number of hydrogen-bond acceptors (Lipinski definition) is 3. The van der Waals surface area contributed by atoms with Crippen LogP contribution in [0.5, 0.6) is 0 Å². The molecular weight excluding hydrogens is 420 g/mol. The van der Waals surface area contributed by atoms with E-state index in [9.17, 15) is 8.42 Å². The molecular formula is C14H20Br2N2O2S. The minimum Gasteiger partial charge on any atom is -0.304 e. The van der Waals surface area contributed by atoms with Crippen molar-refractivity contribution in [2.24, 2.45) is 5.92 Å². The van der Waals surface area contributed by atoms with E-state index < -0.39 is 10.0 Å². The zero-order valence-electron chi connectivity index (χ0n) is 12.0. The van der Waals surface area contributed by atoms with Crippen molar-refractivity contribution in [3.63, 3.8) is 0 Å². The third-order valence-corrected chi connectivity index (χ3v) is 6.81. The van der Waals surface area contributed by atoms with Gasteiger partial charge >= 0.3 is 0 Å². The number of rotatable bonds is 5. The van der Waals surface area contributed by atoms with Gasteiger partial charge in [0.2, 0.25) is 10.0 Å². The Bertz CT molecular complexity index is 585. The molecule has 2 rings (SSSR count). The van der Waals surface area contributed by atoms with E-state index in [1.807, 2.05) is 6.07 Å². The summed E-state index contributed by atoms with van der Waals surface area (Å²) in [5.41, 5.74) is 0. The molecule has 1 aromatic rings. The van der Waals surface area contributed by atoms with Crippen molar-refractivity contribution in [1.29, 1.82) is 0 Å². The fourth-order valence-corrected chi connectivity index (χ4v) is 5.11. The predicted molar refractivity (Wildman–Crippen MR) is 91.9 cm³/mol. The van der Waals surface area contributed by atoms with E-state index in [1.54, 1.807) is 12.1 Å². The zero-order chi connectivity index (χ0) is 15.5. The second kappa shape index (κ2) is 7.55. The highest BCUT2D eigenvalue weighted by molar-refractivity contribution is 9.11. The maximum Gasteiger partial charge on any atom is 0.241 e. The van der Waals surface area contributed by atoms with Gasteiger partial charge in [-0.05, 0) is 72.5 Å². The first kappa shape index (κ1) is 17.4. The standard InChI is InChI=1S/C14H20Br2N2O2S/c1-2-18-7-5-11(6-8-18)10-17-21(19,20)14-9-12(15)3-4-13(14)16/h3-4,9,11,17H,2,5-8,10H2,1H3. The summed E-state index contributed by atoms with van der Waals surface area (Å²) in [6, 6.07) is 5.16. The van der Waals surface area contributed by atoms with E-state index in [0.717, 1.165) is 36.9 Å². The molecule has 4 nitrogen and oxygen atoms in total. The van der Waals surface area contributed by atoms with Gasteiger partial charge in [-0.25, -0.2) is 13.1 Å². The first-order valence-corrected chi connectivity index (χ1v) is 10.2. The Hall–Kier alpha value is 0.0500. The number of likely N-dealkylation sites (tertiary alicyclic amines) is 1. The molecule has 1 aromatic carbocycles. The Labute approximate surface area is 143 Å². The van der Waals surface area contributed by atoms with E-state index in [-0.39, 0.29) is 4.90 Å². The molecule has 0 amide bonds. The Kier molecular flexibility index (Phi) is 6.25. The average molecular weight is 440 g/mol. The number of nitrogens with one attached hydrogen (secondary N) is 1. The van der Waals surface area contributed by atoms with Gasteiger partial charge in [-0.15, -0.1) is 0 Å². The summed E-state index contributed by atoms with van der Waals surface area (Å²) in [7, 11) is -3.47. The number of benzene rings is 1. The van der Waals surface area contributed by atoms with Gasteiger partial charge in [0.15, 0.2) is 0 Å². The molecule has 1 saturated heterocycles. The van der Waals surface area contributed by atoms with Gasteiger partial charge in [-0.3, -0.25) is 0 Å². The highest BCUT2D eigenvalue weighted by atomic mass is 79.9. The van der Waals surface area contributed by atoms with Crippen molar-refractivity contribution >= 4 is 41.9 Å². The highest BCUT2D eigenvalue weighted by Gasteiger charge is 2.22. The molecule has 1 heterocycles. The quantitative estimate of drug-likeness (QED) is 0.766. The molecule has 21 heavy (non-hydrogen) atoms. The third kappa shape index (κ3) is 4.76. The number of sulfonamides is 1. The molecule has 1 N–H and O–H groups in total. The molecule has 0 bridgehead atoms.